The summed E-state index contributed by atoms with van der Waals surface area (Å²) >= 11 is 6.25. The third kappa shape index (κ3) is 3.07. The lowest BCUT2D eigenvalue weighted by Crippen LogP contribution is -2.48. The van der Waals surface area contributed by atoms with Gasteiger partial charge in [0.15, 0.2) is 6.61 Å². The Labute approximate surface area is 162 Å². The van der Waals surface area contributed by atoms with E-state index in [1.54, 1.807) is 0 Å². The number of benzene rings is 1. The van der Waals surface area contributed by atoms with Crippen LogP contribution < -0.4 is 15.8 Å². The van der Waals surface area contributed by atoms with Crippen molar-refractivity contribution in [3.63, 3.8) is 0 Å². The fraction of sp³-hybridized carbons (Fsp3) is 0.529. The topological polar surface area (TPSA) is 119 Å². The zero-order valence-corrected chi connectivity index (χ0v) is 16.1. The summed E-state index contributed by atoms with van der Waals surface area (Å²) in [5, 5.41) is 2.55. The first-order chi connectivity index (χ1) is 12.8. The SMILES string of the molecule is NC(=O)[C@@H]1C[C@H]2CCCC[C@H]2N1S(=O)(=O)c1cc2c(cc1Cl)NC(=O)CO2. The molecular weight excluding hydrogens is 394 g/mol. The lowest BCUT2D eigenvalue weighted by Gasteiger charge is -2.32. The first-order valence-electron chi connectivity index (χ1n) is 8.88. The lowest BCUT2D eigenvalue weighted by atomic mass is 9.85. The second-order valence-corrected chi connectivity index (χ2v) is 9.44. The molecule has 0 aromatic heterocycles. The summed E-state index contributed by atoms with van der Waals surface area (Å²) in [6.07, 6.45) is 3.95. The number of halogens is 1. The first-order valence-corrected chi connectivity index (χ1v) is 10.7. The molecule has 1 saturated heterocycles. The lowest BCUT2D eigenvalue weighted by molar-refractivity contribution is -0.121. The van der Waals surface area contributed by atoms with E-state index in [1.165, 1.54) is 16.4 Å². The van der Waals surface area contributed by atoms with Gasteiger partial charge >= 0.3 is 0 Å². The molecule has 2 heterocycles. The Kier molecular flexibility index (Phi) is 4.56. The fourth-order valence-electron chi connectivity index (χ4n) is 4.40. The van der Waals surface area contributed by atoms with Gasteiger partial charge in [-0.1, -0.05) is 24.4 Å². The van der Waals surface area contributed by atoms with Crippen molar-refractivity contribution in [2.45, 2.75) is 49.1 Å². The van der Waals surface area contributed by atoms with E-state index < -0.39 is 22.0 Å². The van der Waals surface area contributed by atoms with E-state index in [0.717, 1.165) is 19.3 Å². The van der Waals surface area contributed by atoms with E-state index in [2.05, 4.69) is 5.32 Å². The van der Waals surface area contributed by atoms with Crippen molar-refractivity contribution in [3.8, 4) is 5.75 Å². The van der Waals surface area contributed by atoms with Gasteiger partial charge in [0, 0.05) is 12.1 Å². The third-order valence-corrected chi connectivity index (χ3v) is 7.98. The molecule has 4 rings (SSSR count). The highest BCUT2D eigenvalue weighted by Gasteiger charge is 2.51. The van der Waals surface area contributed by atoms with Crippen LogP contribution in [0.3, 0.4) is 0 Å². The number of carbonyl (C=O) groups excluding carboxylic acids is 2. The number of anilines is 1. The van der Waals surface area contributed by atoms with Crippen LogP contribution in [0.4, 0.5) is 5.69 Å². The van der Waals surface area contributed by atoms with Crippen LogP contribution in [0.5, 0.6) is 5.75 Å². The van der Waals surface area contributed by atoms with Crippen LogP contribution in [-0.4, -0.2) is 43.2 Å². The van der Waals surface area contributed by atoms with Crippen molar-refractivity contribution in [1.29, 1.82) is 0 Å². The molecule has 0 radical (unpaired) electrons. The average Bonchev–Trinajstić information content (AvgIpc) is 3.01. The summed E-state index contributed by atoms with van der Waals surface area (Å²) in [7, 11) is -4.07. The maximum absolute atomic E-state index is 13.5. The number of nitrogens with zero attached hydrogens (tertiary/aromatic N) is 1. The minimum Gasteiger partial charge on any atom is -0.482 e. The highest BCUT2D eigenvalue weighted by atomic mass is 35.5. The Morgan fingerprint density at radius 1 is 1.30 bits per heavy atom. The van der Waals surface area contributed by atoms with Crippen LogP contribution in [0.15, 0.2) is 17.0 Å². The molecule has 2 aliphatic heterocycles. The van der Waals surface area contributed by atoms with Gasteiger partial charge in [-0.15, -0.1) is 0 Å². The number of hydrogen-bond donors (Lipinski definition) is 2. The molecule has 2 fully saturated rings. The number of nitrogens with one attached hydrogen (secondary N) is 1. The van der Waals surface area contributed by atoms with Gasteiger partial charge in [0.25, 0.3) is 5.91 Å². The van der Waals surface area contributed by atoms with Gasteiger partial charge in [0.2, 0.25) is 15.9 Å². The second kappa shape index (κ2) is 6.65. The van der Waals surface area contributed by atoms with Crippen LogP contribution in [0, 0.1) is 5.92 Å². The molecule has 3 N–H and O–H groups in total. The zero-order valence-electron chi connectivity index (χ0n) is 14.5. The standard InChI is InChI=1S/C17H20ClN3O5S/c18-10-6-11-14(26-8-16(22)20-11)7-15(10)27(24,25)21-12-4-2-1-3-9(12)5-13(21)17(19)23/h6-7,9,12-13H,1-5,8H2,(H2,19,23)(H,20,22)/t9-,12-,13+/m1/s1. The molecule has 3 atom stereocenters. The van der Waals surface area contributed by atoms with Crippen LogP contribution in [0.25, 0.3) is 0 Å². The molecule has 10 heteroatoms. The van der Waals surface area contributed by atoms with E-state index in [0.29, 0.717) is 18.5 Å². The van der Waals surface area contributed by atoms with E-state index in [1.807, 2.05) is 0 Å². The van der Waals surface area contributed by atoms with Crippen LogP contribution in [-0.2, 0) is 19.6 Å². The molecule has 3 aliphatic rings. The van der Waals surface area contributed by atoms with Crippen molar-refractivity contribution in [2.24, 2.45) is 11.7 Å². The zero-order chi connectivity index (χ0) is 19.3. The predicted octanol–water partition coefficient (Wildman–Crippen LogP) is 1.48. The number of primary amides is 1. The normalized spacial score (nSPS) is 28.0. The largest absolute Gasteiger partial charge is 0.482 e. The predicted molar refractivity (Wildman–Crippen MR) is 97.9 cm³/mol. The molecule has 1 aromatic carbocycles. The number of rotatable bonds is 3. The molecule has 1 aromatic rings. The van der Waals surface area contributed by atoms with Crippen molar-refractivity contribution in [2.75, 3.05) is 11.9 Å². The van der Waals surface area contributed by atoms with Gasteiger partial charge in [-0.25, -0.2) is 8.42 Å². The second-order valence-electron chi connectivity index (χ2n) is 7.22. The Balaban J connectivity index is 1.78. The summed E-state index contributed by atoms with van der Waals surface area (Å²) in [5.41, 5.74) is 5.85. The molecule has 146 valence electrons. The fourth-order valence-corrected chi connectivity index (χ4v) is 6.80. The quantitative estimate of drug-likeness (QED) is 0.777. The smallest absolute Gasteiger partial charge is 0.262 e. The van der Waals surface area contributed by atoms with Crippen molar-refractivity contribution >= 4 is 39.1 Å². The van der Waals surface area contributed by atoms with E-state index >= 15 is 0 Å². The Bertz CT molecular complexity index is 919. The number of hydrogen-bond acceptors (Lipinski definition) is 5. The summed E-state index contributed by atoms with van der Waals surface area (Å²) in [5.74, 6) is -0.635. The van der Waals surface area contributed by atoms with Gasteiger partial charge in [-0.2, -0.15) is 4.31 Å². The van der Waals surface area contributed by atoms with Gasteiger partial charge in [0.05, 0.1) is 10.7 Å². The van der Waals surface area contributed by atoms with E-state index in [-0.39, 0.29) is 40.1 Å². The number of carbonyl (C=O) groups is 2. The summed E-state index contributed by atoms with van der Waals surface area (Å²) in [4.78, 5) is 23.3. The molecule has 0 bridgehead atoms. The number of ether oxygens (including phenoxy) is 1. The monoisotopic (exact) mass is 413 g/mol. The summed E-state index contributed by atoms with van der Waals surface area (Å²) in [6, 6.07) is 1.53. The molecule has 27 heavy (non-hydrogen) atoms. The average molecular weight is 414 g/mol. The minimum absolute atomic E-state index is 0.0398. The Hall–Kier alpha value is -1.84. The van der Waals surface area contributed by atoms with E-state index in [9.17, 15) is 18.0 Å². The molecular formula is C17H20ClN3O5S. The maximum Gasteiger partial charge on any atom is 0.262 e. The van der Waals surface area contributed by atoms with Gasteiger partial charge in [0.1, 0.15) is 16.7 Å². The van der Waals surface area contributed by atoms with E-state index in [4.69, 9.17) is 22.1 Å². The highest BCUT2D eigenvalue weighted by Crippen LogP contribution is 2.45. The molecule has 8 nitrogen and oxygen atoms in total. The van der Waals surface area contributed by atoms with Crippen LogP contribution in [0.1, 0.15) is 32.1 Å². The van der Waals surface area contributed by atoms with Crippen LogP contribution >= 0.6 is 11.6 Å². The van der Waals surface area contributed by atoms with Gasteiger partial charge < -0.3 is 15.8 Å². The molecule has 2 amide bonds. The molecule has 1 saturated carbocycles. The number of amides is 2. The maximum atomic E-state index is 13.5. The molecule has 0 spiro atoms. The number of sulfonamides is 1. The van der Waals surface area contributed by atoms with Crippen molar-refractivity contribution < 1.29 is 22.7 Å². The summed E-state index contributed by atoms with van der Waals surface area (Å²) in [6.45, 7) is -0.202. The Morgan fingerprint density at radius 3 is 2.78 bits per heavy atom. The molecule has 1 aliphatic carbocycles. The number of fused-ring (bicyclic) bond motifs is 2. The van der Waals surface area contributed by atoms with Gasteiger partial charge in [-0.3, -0.25) is 9.59 Å². The van der Waals surface area contributed by atoms with Crippen molar-refractivity contribution in [3.05, 3.63) is 17.2 Å². The van der Waals surface area contributed by atoms with Gasteiger partial charge in [-0.05, 0) is 31.2 Å². The third-order valence-electron chi connectivity index (χ3n) is 5.58. The molecule has 0 unspecified atom stereocenters. The van der Waals surface area contributed by atoms with Crippen LogP contribution in [0.2, 0.25) is 5.02 Å². The Morgan fingerprint density at radius 2 is 2.04 bits per heavy atom. The highest BCUT2D eigenvalue weighted by molar-refractivity contribution is 7.89. The first kappa shape index (κ1) is 18.5. The number of nitrogens with two attached hydrogens (primary N) is 1. The van der Waals surface area contributed by atoms with Crippen molar-refractivity contribution in [1.82, 2.24) is 4.31 Å². The summed E-state index contributed by atoms with van der Waals surface area (Å²) < 4.78 is 33.5. The minimum atomic E-state index is -4.07.